The van der Waals surface area contributed by atoms with Gasteiger partial charge in [0.2, 0.25) is 0 Å². The summed E-state index contributed by atoms with van der Waals surface area (Å²) in [5, 5.41) is 7.36. The molecule has 0 bridgehead atoms. The second-order valence-electron chi connectivity index (χ2n) is 4.71. The molecule has 0 unspecified atom stereocenters. The number of aromatic nitrogens is 1. The average Bonchev–Trinajstić information content (AvgIpc) is 2.89. The van der Waals surface area contributed by atoms with Crippen molar-refractivity contribution in [1.82, 2.24) is 15.4 Å². The van der Waals surface area contributed by atoms with Gasteiger partial charge in [0.15, 0.2) is 5.76 Å². The largest absolute Gasteiger partial charge is 0.359 e. The minimum atomic E-state index is -0.242. The van der Waals surface area contributed by atoms with Crippen molar-refractivity contribution in [3.8, 4) is 11.3 Å². The lowest BCUT2D eigenvalue weighted by molar-refractivity contribution is 0.207. The summed E-state index contributed by atoms with van der Waals surface area (Å²) in [6, 6.07) is 8.21. The molecule has 3 rings (SSSR count). The molecule has 1 aromatic heterocycles. The zero-order chi connectivity index (χ0) is 13.1. The van der Waals surface area contributed by atoms with E-state index in [-0.39, 0.29) is 30.6 Å². The van der Waals surface area contributed by atoms with Gasteiger partial charge in [0.25, 0.3) is 0 Å². The molecular weight excluding hydrogens is 316 g/mol. The van der Waals surface area contributed by atoms with Gasteiger partial charge in [-0.25, -0.2) is 4.39 Å². The summed E-state index contributed by atoms with van der Waals surface area (Å²) >= 11 is 0. The predicted molar refractivity (Wildman–Crippen MR) is 84.5 cm³/mol. The van der Waals surface area contributed by atoms with Crippen LogP contribution in [-0.4, -0.2) is 36.2 Å². The highest BCUT2D eigenvalue weighted by Gasteiger charge is 2.13. The summed E-state index contributed by atoms with van der Waals surface area (Å²) in [5.41, 5.74) is 1.63. The topological polar surface area (TPSA) is 41.3 Å². The molecule has 116 valence electrons. The van der Waals surface area contributed by atoms with E-state index in [0.717, 1.165) is 49.7 Å². The van der Waals surface area contributed by atoms with Crippen molar-refractivity contribution in [3.63, 3.8) is 0 Å². The first-order valence-electron chi connectivity index (χ1n) is 6.46. The summed E-state index contributed by atoms with van der Waals surface area (Å²) in [4.78, 5) is 2.32. The first-order chi connectivity index (χ1) is 9.31. The lowest BCUT2D eigenvalue weighted by Crippen LogP contribution is -2.42. The number of nitrogens with one attached hydrogen (secondary N) is 1. The van der Waals surface area contributed by atoms with Gasteiger partial charge in [-0.2, -0.15) is 0 Å². The van der Waals surface area contributed by atoms with Gasteiger partial charge in [-0.05, 0) is 24.3 Å². The molecule has 1 aromatic carbocycles. The third-order valence-electron chi connectivity index (χ3n) is 3.29. The van der Waals surface area contributed by atoms with E-state index in [1.165, 1.54) is 12.1 Å². The Morgan fingerprint density at radius 3 is 2.48 bits per heavy atom. The summed E-state index contributed by atoms with van der Waals surface area (Å²) in [6.45, 7) is 4.84. The quantitative estimate of drug-likeness (QED) is 0.937. The zero-order valence-corrected chi connectivity index (χ0v) is 13.1. The summed E-state index contributed by atoms with van der Waals surface area (Å²) in [6.07, 6.45) is 0. The van der Waals surface area contributed by atoms with Gasteiger partial charge in [-0.15, -0.1) is 24.8 Å². The first-order valence-corrected chi connectivity index (χ1v) is 6.46. The Bertz CT molecular complexity index is 541. The molecule has 0 saturated carbocycles. The molecule has 21 heavy (non-hydrogen) atoms. The lowest BCUT2D eigenvalue weighted by atomic mass is 10.1. The summed E-state index contributed by atoms with van der Waals surface area (Å²) in [5.74, 6) is 0.606. The van der Waals surface area contributed by atoms with Crippen molar-refractivity contribution in [3.05, 3.63) is 41.9 Å². The smallest absolute Gasteiger partial charge is 0.151 e. The SMILES string of the molecule is Cl.Cl.Fc1ccc(-c2cc(CN3CCNCC3)on2)cc1. The molecule has 0 radical (unpaired) electrons. The molecule has 1 saturated heterocycles. The number of piperazine rings is 1. The third-order valence-corrected chi connectivity index (χ3v) is 3.29. The summed E-state index contributed by atoms with van der Waals surface area (Å²) in [7, 11) is 0. The monoisotopic (exact) mass is 333 g/mol. The van der Waals surface area contributed by atoms with E-state index < -0.39 is 0 Å². The molecular formula is C14H18Cl2FN3O. The maximum absolute atomic E-state index is 12.9. The molecule has 0 amide bonds. The fourth-order valence-electron chi connectivity index (χ4n) is 2.23. The molecule has 0 aliphatic carbocycles. The van der Waals surface area contributed by atoms with Crippen molar-refractivity contribution in [1.29, 1.82) is 0 Å². The highest BCUT2D eigenvalue weighted by atomic mass is 35.5. The predicted octanol–water partition coefficient (Wildman–Crippen LogP) is 2.73. The van der Waals surface area contributed by atoms with Gasteiger partial charge in [-0.3, -0.25) is 4.90 Å². The normalized spacial score (nSPS) is 15.1. The Labute approximate surface area is 135 Å². The van der Waals surface area contributed by atoms with Crippen LogP contribution in [0.25, 0.3) is 11.3 Å². The van der Waals surface area contributed by atoms with Crippen LogP contribution in [0.5, 0.6) is 0 Å². The number of benzene rings is 1. The van der Waals surface area contributed by atoms with E-state index in [4.69, 9.17) is 4.52 Å². The van der Waals surface area contributed by atoms with E-state index in [0.29, 0.717) is 0 Å². The second kappa shape index (κ2) is 8.34. The molecule has 2 aromatic rings. The van der Waals surface area contributed by atoms with Crippen molar-refractivity contribution in [2.45, 2.75) is 6.54 Å². The standard InChI is InChI=1S/C14H16FN3O.2ClH/c15-12-3-1-11(2-4-12)14-9-13(19-17-14)10-18-7-5-16-6-8-18;;/h1-4,9,16H,5-8,10H2;2*1H. The molecule has 1 aliphatic rings. The Morgan fingerprint density at radius 2 is 1.81 bits per heavy atom. The number of rotatable bonds is 3. The van der Waals surface area contributed by atoms with Crippen LogP contribution in [0.15, 0.2) is 34.9 Å². The number of nitrogens with zero attached hydrogens (tertiary/aromatic N) is 2. The molecule has 0 spiro atoms. The van der Waals surface area contributed by atoms with Crippen LogP contribution < -0.4 is 5.32 Å². The number of halogens is 3. The fraction of sp³-hybridized carbons (Fsp3) is 0.357. The van der Waals surface area contributed by atoms with Crippen molar-refractivity contribution in [2.75, 3.05) is 26.2 Å². The van der Waals surface area contributed by atoms with E-state index in [9.17, 15) is 4.39 Å². The van der Waals surface area contributed by atoms with Crippen LogP contribution >= 0.6 is 24.8 Å². The van der Waals surface area contributed by atoms with Crippen LogP contribution in [0.2, 0.25) is 0 Å². The van der Waals surface area contributed by atoms with Gasteiger partial charge in [0.05, 0.1) is 6.54 Å². The van der Waals surface area contributed by atoms with Crippen molar-refractivity contribution < 1.29 is 8.91 Å². The van der Waals surface area contributed by atoms with E-state index in [1.807, 2.05) is 6.07 Å². The lowest BCUT2D eigenvalue weighted by Gasteiger charge is -2.25. The van der Waals surface area contributed by atoms with Gasteiger partial charge in [-0.1, -0.05) is 5.16 Å². The van der Waals surface area contributed by atoms with E-state index >= 15 is 0 Å². The highest BCUT2D eigenvalue weighted by molar-refractivity contribution is 5.85. The summed E-state index contributed by atoms with van der Waals surface area (Å²) < 4.78 is 18.2. The minimum absolute atomic E-state index is 0. The molecule has 4 nitrogen and oxygen atoms in total. The van der Waals surface area contributed by atoms with Gasteiger partial charge in [0, 0.05) is 37.8 Å². The molecule has 0 atom stereocenters. The van der Waals surface area contributed by atoms with E-state index in [2.05, 4.69) is 15.4 Å². The van der Waals surface area contributed by atoms with E-state index in [1.54, 1.807) is 12.1 Å². The number of hydrogen-bond donors (Lipinski definition) is 1. The van der Waals surface area contributed by atoms with Crippen LogP contribution in [-0.2, 0) is 6.54 Å². The fourth-order valence-corrected chi connectivity index (χ4v) is 2.23. The van der Waals surface area contributed by atoms with Crippen molar-refractivity contribution in [2.24, 2.45) is 0 Å². The average molecular weight is 334 g/mol. The minimum Gasteiger partial charge on any atom is -0.359 e. The van der Waals surface area contributed by atoms with Gasteiger partial charge in [0.1, 0.15) is 11.5 Å². The van der Waals surface area contributed by atoms with Crippen LogP contribution in [0.1, 0.15) is 5.76 Å². The van der Waals surface area contributed by atoms with Crippen LogP contribution in [0.3, 0.4) is 0 Å². The Hall–Kier alpha value is -1.14. The van der Waals surface area contributed by atoms with Crippen LogP contribution in [0, 0.1) is 5.82 Å². The molecule has 1 aliphatic heterocycles. The maximum Gasteiger partial charge on any atom is 0.151 e. The second-order valence-corrected chi connectivity index (χ2v) is 4.71. The van der Waals surface area contributed by atoms with Gasteiger partial charge >= 0.3 is 0 Å². The Balaban J connectivity index is 0.00000110. The Morgan fingerprint density at radius 1 is 1.14 bits per heavy atom. The molecule has 1 N–H and O–H groups in total. The Kier molecular flexibility index (Phi) is 7.11. The first kappa shape index (κ1) is 17.9. The van der Waals surface area contributed by atoms with Crippen molar-refractivity contribution >= 4 is 24.8 Å². The van der Waals surface area contributed by atoms with Gasteiger partial charge < -0.3 is 9.84 Å². The molecule has 7 heteroatoms. The van der Waals surface area contributed by atoms with Crippen LogP contribution in [0.4, 0.5) is 4.39 Å². The number of hydrogen-bond acceptors (Lipinski definition) is 4. The molecule has 2 heterocycles. The maximum atomic E-state index is 12.9. The zero-order valence-electron chi connectivity index (χ0n) is 11.4. The molecule has 1 fully saturated rings. The third kappa shape index (κ3) is 4.68. The highest BCUT2D eigenvalue weighted by Crippen LogP contribution is 2.20.